The van der Waals surface area contributed by atoms with Crippen molar-refractivity contribution in [2.45, 2.75) is 51.4 Å². The van der Waals surface area contributed by atoms with Gasteiger partial charge in [-0.2, -0.15) is 0 Å². The minimum absolute atomic E-state index is 0.354. The van der Waals surface area contributed by atoms with E-state index in [4.69, 9.17) is 5.11 Å². The van der Waals surface area contributed by atoms with Crippen LogP contribution < -0.4 is 0 Å². The second kappa shape index (κ2) is 8.66. The fourth-order valence-corrected chi connectivity index (χ4v) is 3.37. The summed E-state index contributed by atoms with van der Waals surface area (Å²) in [5, 5.41) is 8.92. The third-order valence-electron chi connectivity index (χ3n) is 4.54. The fraction of sp³-hybridized carbons (Fsp3) is 0.526. The number of hydrogen-bond acceptors (Lipinski definition) is 1. The lowest BCUT2D eigenvalue weighted by Gasteiger charge is -2.15. The summed E-state index contributed by atoms with van der Waals surface area (Å²) < 4.78 is 0. The van der Waals surface area contributed by atoms with Gasteiger partial charge in [0.25, 0.3) is 0 Å². The zero-order valence-corrected chi connectivity index (χ0v) is 12.7. The van der Waals surface area contributed by atoms with Gasteiger partial charge in [0.1, 0.15) is 0 Å². The Morgan fingerprint density at radius 1 is 1.14 bits per heavy atom. The summed E-state index contributed by atoms with van der Waals surface area (Å²) in [4.78, 5) is 10.8. The maximum absolute atomic E-state index is 10.8. The van der Waals surface area contributed by atoms with E-state index in [2.05, 4.69) is 42.5 Å². The molecule has 1 aromatic rings. The minimum atomic E-state index is -0.640. The van der Waals surface area contributed by atoms with Gasteiger partial charge in [-0.1, -0.05) is 48.9 Å². The molecule has 1 aromatic carbocycles. The number of carboxylic acid groups (broad SMARTS) is 1. The molecule has 21 heavy (non-hydrogen) atoms. The zero-order chi connectivity index (χ0) is 14.9. The molecule has 0 saturated heterocycles. The average Bonchev–Trinajstić information content (AvgIpc) is 2.90. The van der Waals surface area contributed by atoms with E-state index < -0.39 is 5.97 Å². The molecular weight excluding hydrogens is 260 g/mol. The Kier molecular flexibility index (Phi) is 6.52. The molecule has 1 aliphatic rings. The number of carboxylic acids is 1. The second-order valence-electron chi connectivity index (χ2n) is 6.13. The standard InChI is InChI=1S/C19H26O2/c20-19(21)15-18-14-8-13-17(18)12-7-2-1-4-9-16-10-5-3-6-11-16/h2-3,5-7,10-11,17-18H,1,4,8-9,12-15H2,(H,20,21)/t17?,18-/m1/s1. The highest BCUT2D eigenvalue weighted by molar-refractivity contribution is 5.67. The maximum atomic E-state index is 10.8. The van der Waals surface area contributed by atoms with Gasteiger partial charge in [0.05, 0.1) is 0 Å². The third kappa shape index (κ3) is 5.74. The Labute approximate surface area is 127 Å². The molecule has 114 valence electrons. The third-order valence-corrected chi connectivity index (χ3v) is 4.54. The van der Waals surface area contributed by atoms with Crippen molar-refractivity contribution in [1.82, 2.24) is 0 Å². The van der Waals surface area contributed by atoms with Crippen molar-refractivity contribution in [1.29, 1.82) is 0 Å². The Morgan fingerprint density at radius 2 is 1.90 bits per heavy atom. The Hall–Kier alpha value is -1.57. The van der Waals surface area contributed by atoms with Crippen LogP contribution in [-0.4, -0.2) is 11.1 Å². The number of carbonyl (C=O) groups is 1. The molecule has 0 aromatic heterocycles. The zero-order valence-electron chi connectivity index (χ0n) is 12.7. The van der Waals surface area contributed by atoms with Crippen LogP contribution in [0, 0.1) is 11.8 Å². The van der Waals surface area contributed by atoms with Crippen LogP contribution in [0.5, 0.6) is 0 Å². The van der Waals surface area contributed by atoms with E-state index in [0.29, 0.717) is 18.3 Å². The van der Waals surface area contributed by atoms with Crippen molar-refractivity contribution in [2.75, 3.05) is 0 Å². The van der Waals surface area contributed by atoms with Crippen LogP contribution in [0.15, 0.2) is 42.5 Å². The molecule has 1 saturated carbocycles. The van der Waals surface area contributed by atoms with E-state index in [1.807, 2.05) is 0 Å². The molecule has 2 atom stereocenters. The van der Waals surface area contributed by atoms with Crippen LogP contribution in [0.3, 0.4) is 0 Å². The largest absolute Gasteiger partial charge is 0.481 e. The molecule has 0 radical (unpaired) electrons. The van der Waals surface area contributed by atoms with Gasteiger partial charge in [-0.15, -0.1) is 0 Å². The lowest BCUT2D eigenvalue weighted by Crippen LogP contribution is -2.12. The van der Waals surface area contributed by atoms with Gasteiger partial charge in [0.2, 0.25) is 0 Å². The first-order chi connectivity index (χ1) is 10.3. The fourth-order valence-electron chi connectivity index (χ4n) is 3.37. The summed E-state index contributed by atoms with van der Waals surface area (Å²) >= 11 is 0. The molecule has 2 heteroatoms. The molecule has 1 N–H and O–H groups in total. The van der Waals surface area contributed by atoms with E-state index in [1.54, 1.807) is 0 Å². The van der Waals surface area contributed by atoms with Crippen molar-refractivity contribution in [3.8, 4) is 0 Å². The van der Waals surface area contributed by atoms with Crippen LogP contribution in [-0.2, 0) is 11.2 Å². The van der Waals surface area contributed by atoms with Gasteiger partial charge >= 0.3 is 5.97 Å². The Balaban J connectivity index is 1.62. The Morgan fingerprint density at radius 3 is 2.67 bits per heavy atom. The summed E-state index contributed by atoms with van der Waals surface area (Å²) in [6.07, 6.45) is 12.9. The molecule has 0 amide bonds. The van der Waals surface area contributed by atoms with Crippen molar-refractivity contribution >= 4 is 5.97 Å². The second-order valence-corrected chi connectivity index (χ2v) is 6.13. The molecule has 2 rings (SSSR count). The van der Waals surface area contributed by atoms with Gasteiger partial charge < -0.3 is 5.11 Å². The van der Waals surface area contributed by atoms with E-state index in [1.165, 1.54) is 24.8 Å². The number of rotatable bonds is 8. The van der Waals surface area contributed by atoms with Crippen LogP contribution in [0.2, 0.25) is 0 Å². The number of hydrogen-bond donors (Lipinski definition) is 1. The first-order valence-electron chi connectivity index (χ1n) is 8.16. The van der Waals surface area contributed by atoms with E-state index in [9.17, 15) is 4.79 Å². The molecule has 1 unspecified atom stereocenters. The molecule has 0 spiro atoms. The van der Waals surface area contributed by atoms with Crippen molar-refractivity contribution in [3.63, 3.8) is 0 Å². The van der Waals surface area contributed by atoms with Gasteiger partial charge in [0.15, 0.2) is 0 Å². The topological polar surface area (TPSA) is 37.3 Å². The SMILES string of the molecule is O=C(O)C[C@H]1CCCC1CC=CCCCc1ccccc1. The number of unbranched alkanes of at least 4 members (excludes halogenated alkanes) is 1. The van der Waals surface area contributed by atoms with E-state index in [-0.39, 0.29) is 0 Å². The molecule has 1 fully saturated rings. The predicted molar refractivity (Wildman–Crippen MR) is 86.2 cm³/mol. The first-order valence-corrected chi connectivity index (χ1v) is 8.16. The van der Waals surface area contributed by atoms with Crippen LogP contribution in [0.1, 0.15) is 50.5 Å². The summed E-state index contributed by atoms with van der Waals surface area (Å²) in [5.74, 6) is 0.349. The van der Waals surface area contributed by atoms with Gasteiger partial charge in [-0.25, -0.2) is 0 Å². The Bertz CT molecular complexity index is 450. The molecule has 0 aliphatic heterocycles. The highest BCUT2D eigenvalue weighted by Crippen LogP contribution is 2.36. The lowest BCUT2D eigenvalue weighted by molar-refractivity contribution is -0.138. The monoisotopic (exact) mass is 286 g/mol. The van der Waals surface area contributed by atoms with Crippen molar-refractivity contribution in [2.24, 2.45) is 11.8 Å². The number of aryl methyl sites for hydroxylation is 1. The number of aliphatic carboxylic acids is 1. The van der Waals surface area contributed by atoms with Crippen molar-refractivity contribution < 1.29 is 9.90 Å². The highest BCUT2D eigenvalue weighted by Gasteiger charge is 2.27. The maximum Gasteiger partial charge on any atom is 0.303 e. The van der Waals surface area contributed by atoms with Gasteiger partial charge in [0, 0.05) is 6.42 Å². The molecule has 0 heterocycles. The molecule has 1 aliphatic carbocycles. The van der Waals surface area contributed by atoms with Crippen LogP contribution in [0.25, 0.3) is 0 Å². The lowest BCUT2D eigenvalue weighted by atomic mass is 9.90. The highest BCUT2D eigenvalue weighted by atomic mass is 16.4. The summed E-state index contributed by atoms with van der Waals surface area (Å²) in [7, 11) is 0. The summed E-state index contributed by atoms with van der Waals surface area (Å²) in [6, 6.07) is 10.6. The van der Waals surface area contributed by atoms with E-state index in [0.717, 1.165) is 25.7 Å². The first kappa shape index (κ1) is 15.8. The molecule has 0 bridgehead atoms. The van der Waals surface area contributed by atoms with Crippen molar-refractivity contribution in [3.05, 3.63) is 48.0 Å². The minimum Gasteiger partial charge on any atom is -0.481 e. The van der Waals surface area contributed by atoms with Crippen LogP contribution in [0.4, 0.5) is 0 Å². The summed E-state index contributed by atoms with van der Waals surface area (Å²) in [6.45, 7) is 0. The smallest absolute Gasteiger partial charge is 0.303 e. The average molecular weight is 286 g/mol. The quantitative estimate of drug-likeness (QED) is 0.548. The van der Waals surface area contributed by atoms with Gasteiger partial charge in [-0.3, -0.25) is 4.79 Å². The van der Waals surface area contributed by atoms with E-state index >= 15 is 0 Å². The number of benzene rings is 1. The molecule has 2 nitrogen and oxygen atoms in total. The normalized spacial score (nSPS) is 21.9. The number of allylic oxidation sites excluding steroid dienone is 2. The summed E-state index contributed by atoms with van der Waals surface area (Å²) in [5.41, 5.74) is 1.41. The molecular formula is C19H26O2. The van der Waals surface area contributed by atoms with Crippen LogP contribution >= 0.6 is 0 Å². The predicted octanol–water partition coefficient (Wildman–Crippen LogP) is 4.85. The van der Waals surface area contributed by atoms with Gasteiger partial charge in [-0.05, 0) is 55.9 Å².